The molecule has 1 aliphatic rings. The first-order valence-electron chi connectivity index (χ1n) is 6.78. The largest absolute Gasteiger partial charge is 0.343 e. The predicted octanol–water partition coefficient (Wildman–Crippen LogP) is 1.01. The van der Waals surface area contributed by atoms with Gasteiger partial charge in [0.2, 0.25) is 5.91 Å². The Morgan fingerprint density at radius 2 is 2.22 bits per heavy atom. The fourth-order valence-corrected chi connectivity index (χ4v) is 2.29. The number of hydrogen-bond acceptors (Lipinski definition) is 3. The maximum atomic E-state index is 11.9. The molecule has 5 nitrogen and oxygen atoms in total. The third kappa shape index (κ3) is 3.32. The molecule has 1 amide bonds. The van der Waals surface area contributed by atoms with E-state index < -0.39 is 0 Å². The van der Waals surface area contributed by atoms with Crippen LogP contribution in [-0.4, -0.2) is 40.0 Å². The van der Waals surface area contributed by atoms with Crippen molar-refractivity contribution in [1.29, 1.82) is 0 Å². The second-order valence-corrected chi connectivity index (χ2v) is 4.70. The van der Waals surface area contributed by atoms with E-state index in [1.807, 2.05) is 17.4 Å². The number of aryl methyl sites for hydroxylation is 1. The molecule has 0 aromatic carbocycles. The van der Waals surface area contributed by atoms with Gasteiger partial charge in [-0.2, -0.15) is 0 Å². The Morgan fingerprint density at radius 3 is 2.94 bits per heavy atom. The number of hydrogen-bond donors (Lipinski definition) is 1. The summed E-state index contributed by atoms with van der Waals surface area (Å²) >= 11 is 0. The third-order valence-corrected chi connectivity index (χ3v) is 3.38. The molecular formula is C13H22N4O. The van der Waals surface area contributed by atoms with Crippen molar-refractivity contribution in [3.63, 3.8) is 0 Å². The van der Waals surface area contributed by atoms with Crippen LogP contribution < -0.4 is 5.32 Å². The summed E-state index contributed by atoms with van der Waals surface area (Å²) in [6, 6.07) is 0. The molecule has 0 bridgehead atoms. The number of nitrogens with zero attached hydrogens (tertiary/aromatic N) is 3. The highest BCUT2D eigenvalue weighted by Crippen LogP contribution is 2.10. The second-order valence-electron chi connectivity index (χ2n) is 4.70. The molecule has 1 N–H and O–H groups in total. The molecule has 2 heterocycles. The van der Waals surface area contributed by atoms with E-state index in [4.69, 9.17) is 0 Å². The van der Waals surface area contributed by atoms with E-state index in [1.165, 1.54) is 0 Å². The molecule has 5 heteroatoms. The Labute approximate surface area is 108 Å². The van der Waals surface area contributed by atoms with Gasteiger partial charge in [0.1, 0.15) is 0 Å². The minimum absolute atomic E-state index is 0.274. The number of carbonyl (C=O) groups excluding carboxylic acids is 1. The lowest BCUT2D eigenvalue weighted by molar-refractivity contribution is -0.130. The van der Waals surface area contributed by atoms with Crippen LogP contribution in [0.25, 0.3) is 0 Å². The minimum Gasteiger partial charge on any atom is -0.343 e. The van der Waals surface area contributed by atoms with Crippen molar-refractivity contribution in [3.8, 4) is 0 Å². The van der Waals surface area contributed by atoms with Gasteiger partial charge in [-0.15, -0.1) is 0 Å². The quantitative estimate of drug-likeness (QED) is 0.819. The fraction of sp³-hybridized carbons (Fsp3) is 0.692. The van der Waals surface area contributed by atoms with Gasteiger partial charge in [0.15, 0.2) is 0 Å². The first kappa shape index (κ1) is 13.1. The Hall–Kier alpha value is -1.36. The number of likely N-dealkylation sites (tertiary alicyclic amines) is 1. The average Bonchev–Trinajstić information content (AvgIpc) is 3.04. The molecule has 0 saturated carbocycles. The maximum absolute atomic E-state index is 11.9. The topological polar surface area (TPSA) is 50.2 Å². The molecule has 1 aromatic rings. The summed E-state index contributed by atoms with van der Waals surface area (Å²) in [6.45, 7) is 6.44. The van der Waals surface area contributed by atoms with E-state index in [0.717, 1.165) is 51.3 Å². The molecule has 1 saturated heterocycles. The van der Waals surface area contributed by atoms with Gasteiger partial charge < -0.3 is 14.8 Å². The second kappa shape index (κ2) is 6.54. The summed E-state index contributed by atoms with van der Waals surface area (Å²) in [4.78, 5) is 18.1. The van der Waals surface area contributed by atoms with Gasteiger partial charge >= 0.3 is 0 Å². The Balaban J connectivity index is 1.81. The molecule has 1 aromatic heterocycles. The smallest absolute Gasteiger partial charge is 0.224 e. The van der Waals surface area contributed by atoms with Crippen molar-refractivity contribution in [2.24, 2.45) is 0 Å². The first-order chi connectivity index (χ1) is 8.81. The Morgan fingerprint density at radius 1 is 1.44 bits per heavy atom. The molecule has 18 heavy (non-hydrogen) atoms. The molecule has 0 aliphatic carbocycles. The van der Waals surface area contributed by atoms with E-state index in [2.05, 4.69) is 21.8 Å². The van der Waals surface area contributed by atoms with Gasteiger partial charge in [-0.3, -0.25) is 4.79 Å². The van der Waals surface area contributed by atoms with Crippen molar-refractivity contribution >= 4 is 5.91 Å². The number of amides is 1. The molecule has 1 aliphatic heterocycles. The van der Waals surface area contributed by atoms with Gasteiger partial charge in [-0.25, -0.2) is 4.98 Å². The van der Waals surface area contributed by atoms with Gasteiger partial charge in [0.25, 0.3) is 0 Å². The number of imidazole rings is 1. The molecule has 0 spiro atoms. The highest BCUT2D eigenvalue weighted by molar-refractivity contribution is 5.76. The molecule has 100 valence electrons. The van der Waals surface area contributed by atoms with Gasteiger partial charge in [-0.05, 0) is 19.4 Å². The molecule has 2 rings (SSSR count). The lowest BCUT2D eigenvalue weighted by Crippen LogP contribution is -2.28. The summed E-state index contributed by atoms with van der Waals surface area (Å²) in [5, 5.41) is 3.28. The zero-order valence-electron chi connectivity index (χ0n) is 11.1. The van der Waals surface area contributed by atoms with Crippen LogP contribution in [0.1, 0.15) is 31.9 Å². The third-order valence-electron chi connectivity index (χ3n) is 3.38. The van der Waals surface area contributed by atoms with Crippen LogP contribution in [0.2, 0.25) is 0 Å². The van der Waals surface area contributed by atoms with Crippen LogP contribution >= 0.6 is 0 Å². The molecule has 1 fully saturated rings. The van der Waals surface area contributed by atoms with Crippen LogP contribution in [0, 0.1) is 0 Å². The van der Waals surface area contributed by atoms with Crippen molar-refractivity contribution in [2.75, 3.05) is 19.6 Å². The SMILES string of the molecule is CCNCc1cncn1CCC(=O)N1CCCC1. The van der Waals surface area contributed by atoms with Crippen LogP contribution in [-0.2, 0) is 17.9 Å². The van der Waals surface area contributed by atoms with Crippen LogP contribution in [0.3, 0.4) is 0 Å². The predicted molar refractivity (Wildman–Crippen MR) is 70.0 cm³/mol. The number of carbonyl (C=O) groups is 1. The summed E-state index contributed by atoms with van der Waals surface area (Å²) < 4.78 is 2.07. The van der Waals surface area contributed by atoms with Crippen LogP contribution in [0.15, 0.2) is 12.5 Å². The van der Waals surface area contributed by atoms with Crippen molar-refractivity contribution in [2.45, 2.75) is 39.3 Å². The van der Waals surface area contributed by atoms with Gasteiger partial charge in [-0.1, -0.05) is 6.92 Å². The summed E-state index contributed by atoms with van der Waals surface area (Å²) in [7, 11) is 0. The highest BCUT2D eigenvalue weighted by atomic mass is 16.2. The van der Waals surface area contributed by atoms with Crippen molar-refractivity contribution < 1.29 is 4.79 Å². The van der Waals surface area contributed by atoms with Crippen LogP contribution in [0.4, 0.5) is 0 Å². The fourth-order valence-electron chi connectivity index (χ4n) is 2.29. The summed E-state index contributed by atoms with van der Waals surface area (Å²) in [5.74, 6) is 0.274. The molecular weight excluding hydrogens is 228 g/mol. The Bertz CT molecular complexity index is 382. The van der Waals surface area contributed by atoms with Crippen LogP contribution in [0.5, 0.6) is 0 Å². The summed E-state index contributed by atoms with van der Waals surface area (Å²) in [5.41, 5.74) is 1.14. The zero-order valence-corrected chi connectivity index (χ0v) is 11.1. The highest BCUT2D eigenvalue weighted by Gasteiger charge is 2.17. The lowest BCUT2D eigenvalue weighted by atomic mass is 10.3. The van der Waals surface area contributed by atoms with Crippen molar-refractivity contribution in [3.05, 3.63) is 18.2 Å². The zero-order chi connectivity index (χ0) is 12.8. The standard InChI is InChI=1S/C13H22N4O/c1-2-14-9-12-10-15-11-17(12)8-5-13(18)16-6-3-4-7-16/h10-11,14H,2-9H2,1H3. The molecule has 0 atom stereocenters. The first-order valence-corrected chi connectivity index (χ1v) is 6.78. The molecule has 0 radical (unpaired) electrons. The number of rotatable bonds is 6. The monoisotopic (exact) mass is 250 g/mol. The van der Waals surface area contributed by atoms with Gasteiger partial charge in [0.05, 0.1) is 12.0 Å². The lowest BCUT2D eigenvalue weighted by Gasteiger charge is -2.15. The van der Waals surface area contributed by atoms with E-state index >= 15 is 0 Å². The van der Waals surface area contributed by atoms with E-state index in [1.54, 1.807) is 0 Å². The minimum atomic E-state index is 0.274. The summed E-state index contributed by atoms with van der Waals surface area (Å²) in [6.07, 6.45) is 6.56. The van der Waals surface area contributed by atoms with E-state index in [0.29, 0.717) is 6.42 Å². The van der Waals surface area contributed by atoms with E-state index in [9.17, 15) is 4.79 Å². The average molecular weight is 250 g/mol. The normalized spacial score (nSPS) is 15.3. The Kier molecular flexibility index (Phi) is 4.75. The van der Waals surface area contributed by atoms with E-state index in [-0.39, 0.29) is 5.91 Å². The van der Waals surface area contributed by atoms with Gasteiger partial charge in [0, 0.05) is 38.8 Å². The maximum Gasteiger partial charge on any atom is 0.224 e. The van der Waals surface area contributed by atoms with Crippen molar-refractivity contribution in [1.82, 2.24) is 19.8 Å². The number of aromatic nitrogens is 2. The number of nitrogens with one attached hydrogen (secondary N) is 1. The molecule has 0 unspecified atom stereocenters.